The lowest BCUT2D eigenvalue weighted by molar-refractivity contribution is -0.120. The third kappa shape index (κ3) is 6.17. The van der Waals surface area contributed by atoms with Gasteiger partial charge in [0.05, 0.1) is 17.2 Å². The Kier molecular flexibility index (Phi) is 6.49. The van der Waals surface area contributed by atoms with Crippen LogP contribution in [0.5, 0.6) is 5.75 Å². The summed E-state index contributed by atoms with van der Waals surface area (Å²) >= 11 is 0. The van der Waals surface area contributed by atoms with E-state index in [0.29, 0.717) is 5.75 Å². The lowest BCUT2D eigenvalue weighted by Crippen LogP contribution is -2.21. The van der Waals surface area contributed by atoms with E-state index in [1.165, 1.54) is 0 Å². The second-order valence-corrected chi connectivity index (χ2v) is 7.19. The van der Waals surface area contributed by atoms with Crippen LogP contribution in [0.25, 0.3) is 0 Å². The van der Waals surface area contributed by atoms with E-state index in [1.807, 2.05) is 18.2 Å². The molecule has 2 rings (SSSR count). The van der Waals surface area contributed by atoms with Gasteiger partial charge in [0.2, 0.25) is 5.91 Å². The minimum atomic E-state index is -3.49. The third-order valence-electron chi connectivity index (χ3n) is 3.11. The van der Waals surface area contributed by atoms with Crippen LogP contribution < -0.4 is 10.1 Å². The molecule has 0 aliphatic heterocycles. The number of benzene rings is 2. The summed E-state index contributed by atoms with van der Waals surface area (Å²) in [5, 5.41) is 2.29. The molecule has 0 spiro atoms. The van der Waals surface area contributed by atoms with Crippen molar-refractivity contribution in [3.8, 4) is 5.75 Å². The Labute approximate surface area is 145 Å². The van der Waals surface area contributed by atoms with Crippen LogP contribution in [0.1, 0.15) is 0 Å². The first-order chi connectivity index (χ1) is 11.9. The van der Waals surface area contributed by atoms with E-state index in [0.717, 1.165) is 24.5 Å². The average Bonchev–Trinajstić information content (AvgIpc) is 2.56. The van der Waals surface area contributed by atoms with Crippen LogP contribution in [-0.4, -0.2) is 40.4 Å². The maximum absolute atomic E-state index is 13.7. The van der Waals surface area contributed by atoms with Crippen molar-refractivity contribution in [2.24, 2.45) is 0 Å². The lowest BCUT2D eigenvalue weighted by atomic mass is 10.3. The van der Waals surface area contributed by atoms with Crippen molar-refractivity contribution in [1.82, 2.24) is 0 Å². The van der Waals surface area contributed by atoms with E-state index < -0.39 is 21.6 Å². The van der Waals surface area contributed by atoms with E-state index in [2.05, 4.69) is 5.32 Å². The third-order valence-corrected chi connectivity index (χ3v) is 4.22. The van der Waals surface area contributed by atoms with Gasteiger partial charge < -0.3 is 14.8 Å². The molecule has 1 amide bonds. The number of hydrogen-bond acceptors (Lipinski definition) is 5. The fourth-order valence-corrected chi connectivity index (χ4v) is 2.56. The Morgan fingerprint density at radius 3 is 2.52 bits per heavy atom. The van der Waals surface area contributed by atoms with Gasteiger partial charge >= 0.3 is 0 Å². The van der Waals surface area contributed by atoms with Crippen LogP contribution >= 0.6 is 0 Å². The molecule has 6 nitrogen and oxygen atoms in total. The zero-order chi connectivity index (χ0) is 18.3. The quantitative estimate of drug-likeness (QED) is 0.572. The first-order valence-corrected chi connectivity index (χ1v) is 9.30. The fourth-order valence-electron chi connectivity index (χ4n) is 1.92. The highest BCUT2D eigenvalue weighted by atomic mass is 32.2. The predicted octanol–water partition coefficient (Wildman–Crippen LogP) is 2.26. The highest BCUT2D eigenvalue weighted by Gasteiger charge is 2.13. The van der Waals surface area contributed by atoms with Crippen molar-refractivity contribution in [2.45, 2.75) is 4.90 Å². The van der Waals surface area contributed by atoms with Crippen molar-refractivity contribution in [1.29, 1.82) is 0 Å². The maximum Gasteiger partial charge on any atom is 0.250 e. The van der Waals surface area contributed by atoms with Gasteiger partial charge in [0.25, 0.3) is 0 Å². The molecule has 0 unspecified atom stereocenters. The first kappa shape index (κ1) is 18.9. The van der Waals surface area contributed by atoms with Gasteiger partial charge in [-0.05, 0) is 30.3 Å². The standard InChI is InChI=1S/C17H18FNO5S/c1-25(21,22)14-7-8-15(18)16(11-14)19-17(20)12-23-9-10-24-13-5-3-2-4-6-13/h2-8,11H,9-10,12H2,1H3,(H,19,20). The second-order valence-electron chi connectivity index (χ2n) is 5.18. The van der Waals surface area contributed by atoms with Gasteiger partial charge in [-0.2, -0.15) is 0 Å². The first-order valence-electron chi connectivity index (χ1n) is 7.41. The van der Waals surface area contributed by atoms with Gasteiger partial charge in [-0.25, -0.2) is 12.8 Å². The minimum absolute atomic E-state index is 0.0821. The van der Waals surface area contributed by atoms with Crippen LogP contribution in [0.2, 0.25) is 0 Å². The van der Waals surface area contributed by atoms with Crippen molar-refractivity contribution in [2.75, 3.05) is 31.4 Å². The van der Waals surface area contributed by atoms with E-state index in [9.17, 15) is 17.6 Å². The summed E-state index contributed by atoms with van der Waals surface area (Å²) in [5.41, 5.74) is -0.211. The topological polar surface area (TPSA) is 81.7 Å². The summed E-state index contributed by atoms with van der Waals surface area (Å²) in [6, 6.07) is 12.3. The molecule has 1 N–H and O–H groups in total. The molecular weight excluding hydrogens is 349 g/mol. The van der Waals surface area contributed by atoms with Crippen molar-refractivity contribution in [3.63, 3.8) is 0 Å². The smallest absolute Gasteiger partial charge is 0.250 e. The lowest BCUT2D eigenvalue weighted by Gasteiger charge is -2.09. The highest BCUT2D eigenvalue weighted by Crippen LogP contribution is 2.19. The summed E-state index contributed by atoms with van der Waals surface area (Å²) in [4.78, 5) is 11.7. The summed E-state index contributed by atoms with van der Waals surface area (Å²) in [5.74, 6) is -0.632. The second kappa shape index (κ2) is 8.59. The van der Waals surface area contributed by atoms with Crippen LogP contribution in [0.15, 0.2) is 53.4 Å². The summed E-state index contributed by atoms with van der Waals surface area (Å²) < 4.78 is 47.2. The fraction of sp³-hybridized carbons (Fsp3) is 0.235. The number of halogens is 1. The molecule has 0 saturated heterocycles. The number of carbonyl (C=O) groups excluding carboxylic acids is 1. The van der Waals surface area contributed by atoms with Gasteiger partial charge in [-0.1, -0.05) is 18.2 Å². The maximum atomic E-state index is 13.7. The van der Waals surface area contributed by atoms with E-state index in [4.69, 9.17) is 9.47 Å². The number of ether oxygens (including phenoxy) is 2. The molecule has 25 heavy (non-hydrogen) atoms. The predicted molar refractivity (Wildman–Crippen MR) is 90.9 cm³/mol. The summed E-state index contributed by atoms with van der Waals surface area (Å²) in [6.07, 6.45) is 1.00. The number of anilines is 1. The molecule has 0 saturated carbocycles. The van der Waals surface area contributed by atoms with Gasteiger partial charge in [-0.3, -0.25) is 4.79 Å². The van der Waals surface area contributed by atoms with Gasteiger partial charge in [0.1, 0.15) is 24.8 Å². The Bertz CT molecular complexity index is 824. The zero-order valence-electron chi connectivity index (χ0n) is 13.6. The van der Waals surface area contributed by atoms with Crippen LogP contribution in [0.4, 0.5) is 10.1 Å². The van der Waals surface area contributed by atoms with E-state index in [-0.39, 0.29) is 30.4 Å². The number of para-hydroxylation sites is 1. The number of rotatable bonds is 8. The van der Waals surface area contributed by atoms with Gasteiger partial charge in [-0.15, -0.1) is 0 Å². The van der Waals surface area contributed by atoms with E-state index in [1.54, 1.807) is 12.1 Å². The molecule has 0 bridgehead atoms. The van der Waals surface area contributed by atoms with Crippen LogP contribution in [0.3, 0.4) is 0 Å². The molecular formula is C17H18FNO5S. The molecule has 0 aliphatic carbocycles. The average molecular weight is 367 g/mol. The summed E-state index contributed by atoms with van der Waals surface area (Å²) in [6.45, 7) is 0.129. The van der Waals surface area contributed by atoms with Crippen molar-refractivity contribution in [3.05, 3.63) is 54.3 Å². The minimum Gasteiger partial charge on any atom is -0.491 e. The number of nitrogens with one attached hydrogen (secondary N) is 1. The Balaban J connectivity index is 1.78. The van der Waals surface area contributed by atoms with Gasteiger partial charge in [0.15, 0.2) is 9.84 Å². The monoisotopic (exact) mass is 367 g/mol. The molecule has 2 aromatic rings. The molecule has 0 fully saturated rings. The molecule has 0 radical (unpaired) electrons. The molecule has 0 heterocycles. The Morgan fingerprint density at radius 2 is 1.84 bits per heavy atom. The molecule has 8 heteroatoms. The number of amides is 1. The SMILES string of the molecule is CS(=O)(=O)c1ccc(F)c(NC(=O)COCCOc2ccccc2)c1. The van der Waals surface area contributed by atoms with E-state index >= 15 is 0 Å². The summed E-state index contributed by atoms with van der Waals surface area (Å²) in [7, 11) is -3.49. The van der Waals surface area contributed by atoms with Crippen molar-refractivity contribution >= 4 is 21.4 Å². The molecule has 2 aromatic carbocycles. The molecule has 0 aromatic heterocycles. The molecule has 0 aliphatic rings. The van der Waals surface area contributed by atoms with Crippen molar-refractivity contribution < 1.29 is 27.1 Å². The Morgan fingerprint density at radius 1 is 1.12 bits per heavy atom. The molecule has 0 atom stereocenters. The highest BCUT2D eigenvalue weighted by molar-refractivity contribution is 7.90. The zero-order valence-corrected chi connectivity index (χ0v) is 14.4. The van der Waals surface area contributed by atoms with Crippen LogP contribution in [0, 0.1) is 5.82 Å². The largest absolute Gasteiger partial charge is 0.491 e. The normalized spacial score (nSPS) is 11.1. The number of hydrogen-bond donors (Lipinski definition) is 1. The number of sulfone groups is 1. The molecule has 134 valence electrons. The van der Waals surface area contributed by atoms with Crippen LogP contribution in [-0.2, 0) is 19.4 Å². The number of carbonyl (C=O) groups is 1. The van der Waals surface area contributed by atoms with Gasteiger partial charge in [0, 0.05) is 6.26 Å². The Hall–Kier alpha value is -2.45.